The molecule has 2 N–H and O–H groups in total. The van der Waals surface area contributed by atoms with Crippen molar-refractivity contribution in [3.05, 3.63) is 18.0 Å². The molecule has 21 heavy (non-hydrogen) atoms. The molecule has 0 spiro atoms. The lowest BCUT2D eigenvalue weighted by Crippen LogP contribution is -2.25. The van der Waals surface area contributed by atoms with Gasteiger partial charge in [0.2, 0.25) is 10.0 Å². The summed E-state index contributed by atoms with van der Waals surface area (Å²) >= 11 is 0. The van der Waals surface area contributed by atoms with E-state index in [1.165, 1.54) is 6.07 Å². The van der Waals surface area contributed by atoms with E-state index in [1.807, 2.05) is 20.8 Å². The smallest absolute Gasteiger partial charge is 0.242 e. The van der Waals surface area contributed by atoms with Crippen LogP contribution in [-0.2, 0) is 21.4 Å². The zero-order valence-electron chi connectivity index (χ0n) is 13.0. The summed E-state index contributed by atoms with van der Waals surface area (Å²) in [7, 11) is -3.54. The van der Waals surface area contributed by atoms with Crippen LogP contribution in [0, 0.1) is 0 Å². The van der Waals surface area contributed by atoms with Crippen LogP contribution in [0.2, 0.25) is 0 Å². The van der Waals surface area contributed by atoms with E-state index in [9.17, 15) is 13.5 Å². The van der Waals surface area contributed by atoms with Crippen molar-refractivity contribution in [3.63, 3.8) is 0 Å². The molecular weight excluding hydrogens is 292 g/mol. The van der Waals surface area contributed by atoms with E-state index in [1.54, 1.807) is 10.8 Å². The molecule has 0 aliphatic rings. The van der Waals surface area contributed by atoms with Crippen molar-refractivity contribution in [2.45, 2.75) is 51.2 Å². The van der Waals surface area contributed by atoms with Gasteiger partial charge in [-0.05, 0) is 32.8 Å². The molecule has 6 nitrogen and oxygen atoms in total. The van der Waals surface area contributed by atoms with Gasteiger partial charge in [-0.2, -0.15) is 0 Å². The van der Waals surface area contributed by atoms with Crippen molar-refractivity contribution >= 4 is 10.0 Å². The molecule has 1 heterocycles. The number of rotatable bonds is 10. The summed E-state index contributed by atoms with van der Waals surface area (Å²) in [6, 6.07) is 1.61. The van der Waals surface area contributed by atoms with Crippen molar-refractivity contribution in [1.82, 2.24) is 9.29 Å². The Labute approximate surface area is 127 Å². The maximum absolute atomic E-state index is 12.2. The summed E-state index contributed by atoms with van der Waals surface area (Å²) in [5.74, 6) is 0. The molecule has 0 aromatic carbocycles. The lowest BCUT2D eigenvalue weighted by Gasteiger charge is -2.10. The number of hydrogen-bond acceptors (Lipinski definition) is 4. The number of ether oxygens (including phenoxy) is 1. The molecular formula is C14H26N2O4S. The Morgan fingerprint density at radius 3 is 2.62 bits per heavy atom. The number of nitrogens with one attached hydrogen (secondary N) is 1. The van der Waals surface area contributed by atoms with Gasteiger partial charge in [-0.1, -0.05) is 6.92 Å². The van der Waals surface area contributed by atoms with Gasteiger partial charge in [0, 0.05) is 37.7 Å². The van der Waals surface area contributed by atoms with Gasteiger partial charge in [-0.3, -0.25) is 0 Å². The molecule has 0 aliphatic heterocycles. The van der Waals surface area contributed by atoms with Crippen molar-refractivity contribution in [2.75, 3.05) is 19.8 Å². The molecule has 0 saturated heterocycles. The molecule has 0 radical (unpaired) electrons. The molecule has 1 aromatic rings. The summed E-state index contributed by atoms with van der Waals surface area (Å²) in [4.78, 5) is 0.190. The zero-order chi connectivity index (χ0) is 15.9. The van der Waals surface area contributed by atoms with E-state index in [2.05, 4.69) is 4.72 Å². The summed E-state index contributed by atoms with van der Waals surface area (Å²) < 4.78 is 34.0. The van der Waals surface area contributed by atoms with E-state index in [4.69, 9.17) is 4.74 Å². The average Bonchev–Trinajstić information content (AvgIpc) is 2.88. The maximum atomic E-state index is 12.2. The molecule has 0 unspecified atom stereocenters. The largest absolute Gasteiger partial charge is 0.390 e. The molecule has 0 amide bonds. The van der Waals surface area contributed by atoms with E-state index < -0.39 is 10.0 Å². The van der Waals surface area contributed by atoms with Crippen LogP contribution in [0.1, 0.15) is 45.3 Å². The van der Waals surface area contributed by atoms with Crippen LogP contribution in [0.15, 0.2) is 17.2 Å². The van der Waals surface area contributed by atoms with Crippen molar-refractivity contribution < 1.29 is 18.3 Å². The van der Waals surface area contributed by atoms with Crippen LogP contribution in [0.25, 0.3) is 0 Å². The summed E-state index contributed by atoms with van der Waals surface area (Å²) in [6.45, 7) is 7.31. The normalized spacial score (nSPS) is 12.2. The SMILES string of the molecule is CCCOCCCNS(=O)(=O)c1cc(CO)n(C(C)C)c1. The Kier molecular flexibility index (Phi) is 7.37. The summed E-state index contributed by atoms with van der Waals surface area (Å²) in [5.41, 5.74) is 0.594. The highest BCUT2D eigenvalue weighted by molar-refractivity contribution is 7.89. The molecule has 0 atom stereocenters. The van der Waals surface area contributed by atoms with E-state index in [0.717, 1.165) is 6.42 Å². The lowest BCUT2D eigenvalue weighted by molar-refractivity contribution is 0.133. The Morgan fingerprint density at radius 1 is 1.38 bits per heavy atom. The number of nitrogens with zero attached hydrogens (tertiary/aromatic N) is 1. The standard InChI is InChI=1S/C14H26N2O4S/c1-4-7-20-8-5-6-15-21(18,19)14-9-13(11-17)16(10-14)12(2)3/h9-10,12,15,17H,4-8,11H2,1-3H3. The third-order valence-corrected chi connectivity index (χ3v) is 4.47. The van der Waals surface area contributed by atoms with Gasteiger partial charge < -0.3 is 14.4 Å². The van der Waals surface area contributed by atoms with Crippen LogP contribution in [0.3, 0.4) is 0 Å². The molecule has 0 aliphatic carbocycles. The minimum atomic E-state index is -3.54. The number of aliphatic hydroxyl groups is 1. The predicted octanol–water partition coefficient (Wildman–Crippen LogP) is 1.66. The van der Waals surface area contributed by atoms with Gasteiger partial charge >= 0.3 is 0 Å². The second-order valence-corrected chi connectivity index (χ2v) is 6.96. The number of aliphatic hydroxyl groups excluding tert-OH is 1. The minimum Gasteiger partial charge on any atom is -0.390 e. The Bertz CT molecular complexity index is 523. The molecule has 1 aromatic heterocycles. The van der Waals surface area contributed by atoms with Crippen molar-refractivity contribution in [2.24, 2.45) is 0 Å². The van der Waals surface area contributed by atoms with Gasteiger partial charge in [0.05, 0.1) is 11.5 Å². The monoisotopic (exact) mass is 318 g/mol. The third-order valence-electron chi connectivity index (χ3n) is 3.04. The topological polar surface area (TPSA) is 80.6 Å². The average molecular weight is 318 g/mol. The highest BCUT2D eigenvalue weighted by Crippen LogP contribution is 2.18. The molecule has 122 valence electrons. The first kappa shape index (κ1) is 18.2. The van der Waals surface area contributed by atoms with Gasteiger partial charge in [0.15, 0.2) is 0 Å². The fourth-order valence-corrected chi connectivity index (χ4v) is 3.08. The highest BCUT2D eigenvalue weighted by Gasteiger charge is 2.18. The summed E-state index contributed by atoms with van der Waals surface area (Å²) in [5, 5.41) is 9.29. The molecule has 1 rings (SSSR count). The number of sulfonamides is 1. The Morgan fingerprint density at radius 2 is 2.10 bits per heavy atom. The fraction of sp³-hybridized carbons (Fsp3) is 0.714. The zero-order valence-corrected chi connectivity index (χ0v) is 13.8. The second-order valence-electron chi connectivity index (χ2n) is 5.19. The van der Waals surface area contributed by atoms with Crippen LogP contribution >= 0.6 is 0 Å². The number of aromatic nitrogens is 1. The van der Waals surface area contributed by atoms with E-state index in [0.29, 0.717) is 31.9 Å². The van der Waals surface area contributed by atoms with E-state index in [-0.39, 0.29) is 17.5 Å². The van der Waals surface area contributed by atoms with Crippen LogP contribution < -0.4 is 4.72 Å². The molecule has 0 saturated carbocycles. The van der Waals surface area contributed by atoms with Crippen LogP contribution in [0.4, 0.5) is 0 Å². The van der Waals surface area contributed by atoms with Gasteiger partial charge in [0.1, 0.15) is 0 Å². The first-order chi connectivity index (χ1) is 9.92. The van der Waals surface area contributed by atoms with Gasteiger partial charge in [-0.15, -0.1) is 0 Å². The Balaban J connectivity index is 2.62. The highest BCUT2D eigenvalue weighted by atomic mass is 32.2. The fourth-order valence-electron chi connectivity index (χ4n) is 1.96. The maximum Gasteiger partial charge on any atom is 0.242 e. The minimum absolute atomic E-state index is 0.0959. The van der Waals surface area contributed by atoms with Crippen LogP contribution in [0.5, 0.6) is 0 Å². The Hall–Kier alpha value is -0.890. The first-order valence-corrected chi connectivity index (χ1v) is 8.79. The predicted molar refractivity (Wildman–Crippen MR) is 81.7 cm³/mol. The van der Waals surface area contributed by atoms with Crippen molar-refractivity contribution in [3.8, 4) is 0 Å². The second kappa shape index (κ2) is 8.53. The lowest BCUT2D eigenvalue weighted by atomic mass is 10.3. The van der Waals surface area contributed by atoms with Gasteiger partial charge in [0.25, 0.3) is 0 Å². The molecule has 0 bridgehead atoms. The summed E-state index contributed by atoms with van der Waals surface area (Å²) in [6.07, 6.45) is 3.15. The first-order valence-electron chi connectivity index (χ1n) is 7.31. The van der Waals surface area contributed by atoms with E-state index >= 15 is 0 Å². The van der Waals surface area contributed by atoms with Gasteiger partial charge in [-0.25, -0.2) is 13.1 Å². The molecule has 7 heteroatoms. The van der Waals surface area contributed by atoms with Crippen LogP contribution in [-0.4, -0.2) is 37.8 Å². The quantitative estimate of drug-likeness (QED) is 0.643. The van der Waals surface area contributed by atoms with Crippen molar-refractivity contribution in [1.29, 1.82) is 0 Å². The number of hydrogen-bond donors (Lipinski definition) is 2. The third kappa shape index (κ3) is 5.43. The molecule has 0 fully saturated rings.